The number of aliphatic hydroxyl groups is 1. The summed E-state index contributed by atoms with van der Waals surface area (Å²) in [6.45, 7) is 1.39. The summed E-state index contributed by atoms with van der Waals surface area (Å²) in [5, 5.41) is 11.3. The Kier molecular flexibility index (Phi) is 4.45. The van der Waals surface area contributed by atoms with E-state index in [2.05, 4.69) is 22.1 Å². The fourth-order valence-corrected chi connectivity index (χ4v) is 2.24. The highest BCUT2D eigenvalue weighted by atomic mass is 32.1. The molecule has 2 rings (SSSR count). The van der Waals surface area contributed by atoms with Crippen molar-refractivity contribution in [2.75, 3.05) is 11.9 Å². The highest BCUT2D eigenvalue weighted by Gasteiger charge is 2.12. The summed E-state index contributed by atoms with van der Waals surface area (Å²) in [6, 6.07) is 4.09. The molecule has 1 aromatic heterocycles. The average molecular weight is 290 g/mol. The number of rotatable bonds is 2. The van der Waals surface area contributed by atoms with Crippen molar-refractivity contribution in [3.63, 3.8) is 0 Å². The quantitative estimate of drug-likeness (QED) is 0.833. The molecule has 6 heteroatoms. The number of aliphatic hydroxyl groups excluding tert-OH is 1. The minimum absolute atomic E-state index is 0.123. The van der Waals surface area contributed by atoms with E-state index in [1.165, 1.54) is 29.5 Å². The molecule has 0 saturated carbocycles. The summed E-state index contributed by atoms with van der Waals surface area (Å²) in [4.78, 5) is 16.5. The molecule has 102 valence electrons. The lowest BCUT2D eigenvalue weighted by atomic mass is 10.2. The Hall–Kier alpha value is -2.23. The first-order valence-corrected chi connectivity index (χ1v) is 6.60. The summed E-state index contributed by atoms with van der Waals surface area (Å²) in [5.41, 5.74) is 2.80. The minimum atomic E-state index is -0.502. The summed E-state index contributed by atoms with van der Waals surface area (Å²) in [6.07, 6.45) is 0. The summed E-state index contributed by atoms with van der Waals surface area (Å²) in [5.74, 6) is 4.06. The summed E-state index contributed by atoms with van der Waals surface area (Å²) in [7, 11) is 0. The largest absolute Gasteiger partial charge is 0.384 e. The topological polar surface area (TPSA) is 62.2 Å². The molecule has 4 nitrogen and oxygen atoms in total. The van der Waals surface area contributed by atoms with Gasteiger partial charge < -0.3 is 10.4 Å². The first-order chi connectivity index (χ1) is 9.61. The van der Waals surface area contributed by atoms with Gasteiger partial charge in [-0.05, 0) is 25.1 Å². The lowest BCUT2D eigenvalue weighted by Crippen LogP contribution is -2.11. The molecule has 2 N–H and O–H groups in total. The van der Waals surface area contributed by atoms with Crippen LogP contribution in [0.2, 0.25) is 0 Å². The number of hydrogen-bond donors (Lipinski definition) is 2. The maximum Gasteiger partial charge on any atom is 0.267 e. The number of thiazole rings is 1. The molecule has 1 aromatic carbocycles. The Morgan fingerprint density at radius 1 is 1.55 bits per heavy atom. The molecule has 0 bridgehead atoms. The predicted octanol–water partition coefficient (Wildman–Crippen LogP) is 2.19. The smallest absolute Gasteiger partial charge is 0.267 e. The van der Waals surface area contributed by atoms with E-state index in [1.807, 2.05) is 0 Å². The molecule has 0 aliphatic rings. The molecule has 0 saturated heterocycles. The van der Waals surface area contributed by atoms with Crippen molar-refractivity contribution < 1.29 is 14.3 Å². The fourth-order valence-electron chi connectivity index (χ4n) is 1.54. The van der Waals surface area contributed by atoms with E-state index in [9.17, 15) is 9.18 Å². The van der Waals surface area contributed by atoms with Crippen molar-refractivity contribution in [2.24, 2.45) is 0 Å². The molecule has 0 unspecified atom stereocenters. The molecule has 0 radical (unpaired) electrons. The molecular weight excluding hydrogens is 279 g/mol. The predicted molar refractivity (Wildman–Crippen MR) is 75.2 cm³/mol. The van der Waals surface area contributed by atoms with Gasteiger partial charge in [-0.1, -0.05) is 11.8 Å². The number of carbonyl (C=O) groups excluding carboxylic acids is 1. The van der Waals surface area contributed by atoms with Crippen molar-refractivity contribution in [2.45, 2.75) is 6.92 Å². The van der Waals surface area contributed by atoms with Gasteiger partial charge in [0.15, 0.2) is 0 Å². The third kappa shape index (κ3) is 3.20. The number of benzene rings is 1. The van der Waals surface area contributed by atoms with Crippen LogP contribution in [0.15, 0.2) is 23.7 Å². The highest BCUT2D eigenvalue weighted by molar-refractivity contribution is 7.12. The number of aryl methyl sites for hydroxylation is 1. The second kappa shape index (κ2) is 6.28. The first kappa shape index (κ1) is 14.2. The number of carbonyl (C=O) groups is 1. The van der Waals surface area contributed by atoms with E-state index in [4.69, 9.17) is 5.11 Å². The van der Waals surface area contributed by atoms with Gasteiger partial charge in [0, 0.05) is 5.69 Å². The Morgan fingerprint density at radius 3 is 3.00 bits per heavy atom. The van der Waals surface area contributed by atoms with Crippen LogP contribution in [0, 0.1) is 24.6 Å². The van der Waals surface area contributed by atoms with E-state index < -0.39 is 5.82 Å². The third-order valence-corrected chi connectivity index (χ3v) is 3.41. The van der Waals surface area contributed by atoms with Crippen LogP contribution in [0.5, 0.6) is 0 Å². The molecule has 0 aliphatic heterocycles. The third-order valence-electron chi connectivity index (χ3n) is 2.48. The summed E-state index contributed by atoms with van der Waals surface area (Å²) >= 11 is 1.24. The van der Waals surface area contributed by atoms with Crippen molar-refractivity contribution >= 4 is 22.9 Å². The number of anilines is 1. The maximum absolute atomic E-state index is 13.5. The SMILES string of the molecule is Cc1ncsc1C(=O)Nc1ccc(F)c(C#CCO)c1. The summed E-state index contributed by atoms with van der Waals surface area (Å²) < 4.78 is 13.5. The molecule has 0 fully saturated rings. The van der Waals surface area contributed by atoms with Crippen LogP contribution in [0.4, 0.5) is 10.1 Å². The Balaban J connectivity index is 2.22. The molecule has 1 amide bonds. The Morgan fingerprint density at radius 2 is 2.35 bits per heavy atom. The van der Waals surface area contributed by atoms with Crippen LogP contribution in [0.1, 0.15) is 20.9 Å². The molecule has 0 spiro atoms. The second-order valence-corrected chi connectivity index (χ2v) is 4.73. The van der Waals surface area contributed by atoms with Gasteiger partial charge in [0.25, 0.3) is 5.91 Å². The number of nitrogens with zero attached hydrogens (tertiary/aromatic N) is 1. The van der Waals surface area contributed by atoms with Crippen LogP contribution in [-0.2, 0) is 0 Å². The Bertz CT molecular complexity index is 701. The van der Waals surface area contributed by atoms with Gasteiger partial charge in [-0.25, -0.2) is 9.37 Å². The van der Waals surface area contributed by atoms with Gasteiger partial charge >= 0.3 is 0 Å². The van der Waals surface area contributed by atoms with E-state index >= 15 is 0 Å². The van der Waals surface area contributed by atoms with Crippen molar-refractivity contribution in [1.29, 1.82) is 0 Å². The molecule has 2 aromatic rings. The molecule has 0 atom stereocenters. The lowest BCUT2D eigenvalue weighted by molar-refractivity contribution is 0.103. The van der Waals surface area contributed by atoms with E-state index in [1.54, 1.807) is 12.4 Å². The first-order valence-electron chi connectivity index (χ1n) is 5.72. The van der Waals surface area contributed by atoms with Crippen LogP contribution in [0.3, 0.4) is 0 Å². The van der Waals surface area contributed by atoms with Gasteiger partial charge in [0.2, 0.25) is 0 Å². The fraction of sp³-hybridized carbons (Fsp3) is 0.143. The van der Waals surface area contributed by atoms with E-state index in [0.717, 1.165) is 0 Å². The van der Waals surface area contributed by atoms with Crippen LogP contribution < -0.4 is 5.32 Å². The molecule has 0 aliphatic carbocycles. The molecule has 20 heavy (non-hydrogen) atoms. The van der Waals surface area contributed by atoms with Crippen molar-refractivity contribution in [1.82, 2.24) is 4.98 Å². The normalized spacial score (nSPS) is 9.75. The molecule has 1 heterocycles. The van der Waals surface area contributed by atoms with Gasteiger partial charge in [-0.3, -0.25) is 4.79 Å². The van der Waals surface area contributed by atoms with Gasteiger partial charge in [0.05, 0.1) is 16.8 Å². The van der Waals surface area contributed by atoms with E-state index in [-0.39, 0.29) is 18.1 Å². The van der Waals surface area contributed by atoms with Crippen molar-refractivity contribution in [3.8, 4) is 11.8 Å². The maximum atomic E-state index is 13.5. The zero-order valence-corrected chi connectivity index (χ0v) is 11.4. The number of nitrogens with one attached hydrogen (secondary N) is 1. The van der Waals surface area contributed by atoms with Gasteiger partial charge in [-0.2, -0.15) is 0 Å². The number of amides is 1. The van der Waals surface area contributed by atoms with Crippen LogP contribution in [0.25, 0.3) is 0 Å². The zero-order valence-electron chi connectivity index (χ0n) is 10.6. The number of aromatic nitrogens is 1. The highest BCUT2D eigenvalue weighted by Crippen LogP contribution is 2.18. The number of halogens is 1. The van der Waals surface area contributed by atoms with Crippen LogP contribution >= 0.6 is 11.3 Å². The van der Waals surface area contributed by atoms with Gasteiger partial charge in [-0.15, -0.1) is 11.3 Å². The second-order valence-electron chi connectivity index (χ2n) is 3.88. The minimum Gasteiger partial charge on any atom is -0.384 e. The van der Waals surface area contributed by atoms with E-state index in [0.29, 0.717) is 16.3 Å². The monoisotopic (exact) mass is 290 g/mol. The van der Waals surface area contributed by atoms with Crippen LogP contribution in [-0.4, -0.2) is 22.6 Å². The van der Waals surface area contributed by atoms with Crippen molar-refractivity contribution in [3.05, 3.63) is 45.7 Å². The average Bonchev–Trinajstić information content (AvgIpc) is 2.85. The standard InChI is InChI=1S/C14H11FN2O2S/c1-9-13(20-8-16-9)14(19)17-11-4-5-12(15)10(7-11)3-2-6-18/h4-5,7-8,18H,6H2,1H3,(H,17,19). The Labute approximate surface area is 119 Å². The number of hydrogen-bond acceptors (Lipinski definition) is 4. The lowest BCUT2D eigenvalue weighted by Gasteiger charge is -2.05. The van der Waals surface area contributed by atoms with Gasteiger partial charge in [0.1, 0.15) is 17.3 Å². The zero-order chi connectivity index (χ0) is 14.5. The molecular formula is C14H11FN2O2S.